The molecule has 0 radical (unpaired) electrons. The van der Waals surface area contributed by atoms with Gasteiger partial charge in [0.25, 0.3) is 0 Å². The van der Waals surface area contributed by atoms with Gasteiger partial charge in [0, 0.05) is 32.8 Å². The summed E-state index contributed by atoms with van der Waals surface area (Å²) in [4.78, 5) is 13.7. The topological polar surface area (TPSA) is 17.1 Å². The van der Waals surface area contributed by atoms with Gasteiger partial charge in [0.1, 0.15) is 0 Å². The van der Waals surface area contributed by atoms with Gasteiger partial charge in [-0.1, -0.05) is 90.5 Å². The molecular weight excluding hydrogens is 380 g/mol. The number of Topliss-reactive ketones (excluding diaryl/α,β-unsaturated/α-hetero) is 1. The smallest absolute Gasteiger partial charge is 0.191 e. The molecule has 0 spiro atoms. The molecule has 3 aromatic rings. The number of benzene rings is 3. The van der Waals surface area contributed by atoms with E-state index in [-0.39, 0.29) is 11.7 Å². The third-order valence-corrected chi connectivity index (χ3v) is 7.63. The van der Waals surface area contributed by atoms with Crippen molar-refractivity contribution in [2.75, 3.05) is 11.5 Å². The fourth-order valence-electron chi connectivity index (χ4n) is 3.48. The lowest BCUT2D eigenvalue weighted by atomic mass is 9.82. The summed E-state index contributed by atoms with van der Waals surface area (Å²) in [5.74, 6) is 2.18. The molecule has 4 rings (SSSR count). The van der Waals surface area contributed by atoms with E-state index in [1.807, 2.05) is 66.8 Å². The van der Waals surface area contributed by atoms with Gasteiger partial charge in [-0.15, -0.1) is 23.5 Å². The molecule has 1 nitrogen and oxygen atoms in total. The third-order valence-electron chi connectivity index (χ3n) is 4.88. The average Bonchev–Trinajstić information content (AvgIpc) is 3.27. The first kappa shape index (κ1) is 19.1. The normalized spacial score (nSPS) is 13.7. The molecule has 0 amide bonds. The highest BCUT2D eigenvalue weighted by atomic mass is 32.2. The first-order valence-corrected chi connectivity index (χ1v) is 11.4. The monoisotopic (exact) mass is 402 g/mol. The van der Waals surface area contributed by atoms with E-state index in [9.17, 15) is 4.79 Å². The lowest BCUT2D eigenvalue weighted by molar-refractivity contribution is 0.102. The minimum absolute atomic E-state index is 0.0655. The Hall–Kier alpha value is -2.23. The molecule has 0 aromatic heterocycles. The predicted octanol–water partition coefficient (Wildman–Crippen LogP) is 6.70. The Kier molecular flexibility index (Phi) is 6.04. The molecule has 0 bridgehead atoms. The minimum Gasteiger partial charge on any atom is -0.289 e. The van der Waals surface area contributed by atoms with Gasteiger partial charge in [-0.3, -0.25) is 4.79 Å². The van der Waals surface area contributed by atoms with Crippen molar-refractivity contribution in [3.05, 3.63) is 117 Å². The van der Waals surface area contributed by atoms with Gasteiger partial charge < -0.3 is 0 Å². The van der Waals surface area contributed by atoms with Crippen LogP contribution in [0.5, 0.6) is 0 Å². The zero-order valence-electron chi connectivity index (χ0n) is 15.8. The van der Waals surface area contributed by atoms with E-state index in [0.717, 1.165) is 39.3 Å². The Morgan fingerprint density at radius 3 is 1.75 bits per heavy atom. The molecule has 3 heteroatoms. The summed E-state index contributed by atoms with van der Waals surface area (Å²) in [6.45, 7) is 2.05. The van der Waals surface area contributed by atoms with E-state index >= 15 is 0 Å². The van der Waals surface area contributed by atoms with Gasteiger partial charge in [0.15, 0.2) is 5.78 Å². The molecule has 0 unspecified atom stereocenters. The highest BCUT2D eigenvalue weighted by Crippen LogP contribution is 2.46. The zero-order valence-corrected chi connectivity index (χ0v) is 17.4. The fraction of sp³-hybridized carbons (Fsp3) is 0.160. The molecule has 0 N–H and O–H groups in total. The maximum atomic E-state index is 13.7. The van der Waals surface area contributed by atoms with Crippen LogP contribution in [0.4, 0.5) is 0 Å². The number of aryl methyl sites for hydroxylation is 1. The van der Waals surface area contributed by atoms with Gasteiger partial charge in [-0.05, 0) is 18.1 Å². The van der Waals surface area contributed by atoms with E-state index in [1.165, 1.54) is 4.24 Å². The third kappa shape index (κ3) is 4.11. The molecular formula is C25H22OS2. The largest absolute Gasteiger partial charge is 0.289 e. The second-order valence-corrected chi connectivity index (χ2v) is 9.32. The molecule has 1 heterocycles. The van der Waals surface area contributed by atoms with Gasteiger partial charge in [0.05, 0.1) is 0 Å². The van der Waals surface area contributed by atoms with Crippen LogP contribution in [0.25, 0.3) is 0 Å². The molecule has 1 aliphatic heterocycles. The van der Waals surface area contributed by atoms with Crippen LogP contribution in [0.1, 0.15) is 33.0 Å². The Bertz CT molecular complexity index is 929. The molecule has 140 valence electrons. The standard InChI is InChI=1S/C25H22OS2/c1-18-12-14-21(15-13-18)24(26)23(25-27-16-17-28-25)22(19-8-4-2-5-9-19)20-10-6-3-7-11-20/h2-15,22H,16-17H2,1H3. The Balaban J connectivity index is 1.89. The van der Waals surface area contributed by atoms with Gasteiger partial charge in [-0.2, -0.15) is 0 Å². The van der Waals surface area contributed by atoms with Crippen molar-refractivity contribution >= 4 is 29.3 Å². The number of hydrogen-bond donors (Lipinski definition) is 0. The molecule has 0 saturated carbocycles. The summed E-state index contributed by atoms with van der Waals surface area (Å²) < 4.78 is 1.17. The molecule has 1 saturated heterocycles. The van der Waals surface area contributed by atoms with E-state index < -0.39 is 0 Å². The van der Waals surface area contributed by atoms with E-state index in [4.69, 9.17) is 0 Å². The van der Waals surface area contributed by atoms with Gasteiger partial charge in [0.2, 0.25) is 0 Å². The Morgan fingerprint density at radius 2 is 1.25 bits per heavy atom. The average molecular weight is 403 g/mol. The van der Waals surface area contributed by atoms with Crippen molar-refractivity contribution in [3.63, 3.8) is 0 Å². The van der Waals surface area contributed by atoms with Crippen LogP contribution in [-0.2, 0) is 0 Å². The van der Waals surface area contributed by atoms with Crippen LogP contribution < -0.4 is 0 Å². The van der Waals surface area contributed by atoms with Gasteiger partial charge in [-0.25, -0.2) is 0 Å². The quantitative estimate of drug-likeness (QED) is 0.349. The first-order valence-electron chi connectivity index (χ1n) is 9.45. The van der Waals surface area contributed by atoms with E-state index in [2.05, 4.69) is 48.5 Å². The maximum Gasteiger partial charge on any atom is 0.191 e. The van der Waals surface area contributed by atoms with Crippen LogP contribution in [-0.4, -0.2) is 17.3 Å². The summed E-state index contributed by atoms with van der Waals surface area (Å²) in [6.07, 6.45) is 0. The number of rotatable bonds is 5. The second kappa shape index (κ2) is 8.85. The molecule has 0 atom stereocenters. The van der Waals surface area contributed by atoms with Crippen LogP contribution in [0.2, 0.25) is 0 Å². The zero-order chi connectivity index (χ0) is 19.3. The summed E-state index contributed by atoms with van der Waals surface area (Å²) in [7, 11) is 0. The predicted molar refractivity (Wildman–Crippen MR) is 122 cm³/mol. The van der Waals surface area contributed by atoms with Crippen molar-refractivity contribution < 1.29 is 4.79 Å². The van der Waals surface area contributed by atoms with Crippen molar-refractivity contribution in [2.45, 2.75) is 12.8 Å². The fourth-order valence-corrected chi connectivity index (χ4v) is 6.09. The summed E-state index contributed by atoms with van der Waals surface area (Å²) >= 11 is 3.63. The van der Waals surface area contributed by atoms with Crippen LogP contribution in [0.15, 0.2) is 94.7 Å². The minimum atomic E-state index is -0.0655. The lowest BCUT2D eigenvalue weighted by Gasteiger charge is -2.23. The summed E-state index contributed by atoms with van der Waals surface area (Å²) in [5, 5.41) is 0. The van der Waals surface area contributed by atoms with Crippen molar-refractivity contribution in [1.82, 2.24) is 0 Å². The van der Waals surface area contributed by atoms with Crippen molar-refractivity contribution in [3.8, 4) is 0 Å². The maximum absolute atomic E-state index is 13.7. The highest BCUT2D eigenvalue weighted by molar-refractivity contribution is 8.25. The SMILES string of the molecule is Cc1ccc(C(=O)C(=C2SCCS2)C(c2ccccc2)c2ccccc2)cc1. The number of hydrogen-bond acceptors (Lipinski definition) is 3. The van der Waals surface area contributed by atoms with Crippen molar-refractivity contribution in [2.24, 2.45) is 0 Å². The molecule has 28 heavy (non-hydrogen) atoms. The number of ketones is 1. The van der Waals surface area contributed by atoms with E-state index in [0.29, 0.717) is 0 Å². The summed E-state index contributed by atoms with van der Waals surface area (Å²) in [6, 6.07) is 28.7. The molecule has 1 fully saturated rings. The molecule has 3 aromatic carbocycles. The van der Waals surface area contributed by atoms with Crippen LogP contribution in [0, 0.1) is 6.92 Å². The van der Waals surface area contributed by atoms with Crippen molar-refractivity contribution in [1.29, 1.82) is 0 Å². The number of thioether (sulfide) groups is 2. The van der Waals surface area contributed by atoms with Gasteiger partial charge >= 0.3 is 0 Å². The number of carbonyl (C=O) groups is 1. The van der Waals surface area contributed by atoms with Crippen LogP contribution in [0.3, 0.4) is 0 Å². The summed E-state index contributed by atoms with van der Waals surface area (Å²) in [5.41, 5.74) is 5.15. The number of allylic oxidation sites excluding steroid dienone is 1. The first-order chi connectivity index (χ1) is 13.7. The number of carbonyl (C=O) groups excluding carboxylic acids is 1. The second-order valence-electron chi connectivity index (χ2n) is 6.85. The molecule has 0 aliphatic carbocycles. The Labute approximate surface area is 175 Å². The molecule has 1 aliphatic rings. The van der Waals surface area contributed by atoms with E-state index in [1.54, 1.807) is 0 Å². The highest BCUT2D eigenvalue weighted by Gasteiger charge is 2.30. The Morgan fingerprint density at radius 1 is 0.750 bits per heavy atom. The van der Waals surface area contributed by atoms with Crippen LogP contribution >= 0.6 is 23.5 Å². The lowest BCUT2D eigenvalue weighted by Crippen LogP contribution is -2.15.